The maximum atomic E-state index is 11.0. The van der Waals surface area contributed by atoms with Crippen LogP contribution in [-0.4, -0.2) is 41.1 Å². The zero-order valence-electron chi connectivity index (χ0n) is 11.9. The van der Waals surface area contributed by atoms with Gasteiger partial charge in [-0.05, 0) is 12.5 Å². The Balaban J connectivity index is 2.47. The van der Waals surface area contributed by atoms with Gasteiger partial charge in [0.15, 0.2) is 5.75 Å². The number of nitrogens with one attached hydrogen (secondary N) is 1. The summed E-state index contributed by atoms with van der Waals surface area (Å²) in [5, 5.41) is 33.6. The first kappa shape index (κ1) is 15.2. The third kappa shape index (κ3) is 3.12. The molecule has 0 radical (unpaired) electrons. The van der Waals surface area contributed by atoms with Crippen LogP contribution < -0.4 is 5.32 Å². The van der Waals surface area contributed by atoms with E-state index in [2.05, 4.69) is 10.2 Å². The molecule has 1 aromatic rings. The van der Waals surface area contributed by atoms with Crippen molar-refractivity contribution in [3.8, 4) is 11.8 Å². The average molecular weight is 290 g/mol. The smallest absolute Gasteiger partial charge is 0.312 e. The van der Waals surface area contributed by atoms with E-state index in [0.29, 0.717) is 12.0 Å². The van der Waals surface area contributed by atoms with Crippen LogP contribution >= 0.6 is 0 Å². The normalized spacial score (nSPS) is 17.1. The number of hydrogen-bond donors (Lipinski definition) is 2. The van der Waals surface area contributed by atoms with Crippen molar-refractivity contribution in [1.29, 1.82) is 5.26 Å². The fourth-order valence-electron chi connectivity index (χ4n) is 2.77. The number of nitro groups is 1. The minimum atomic E-state index is -0.649. The molecule has 21 heavy (non-hydrogen) atoms. The highest BCUT2D eigenvalue weighted by atomic mass is 16.6. The summed E-state index contributed by atoms with van der Waals surface area (Å²) in [7, 11) is 0. The number of nitriles is 1. The van der Waals surface area contributed by atoms with Crippen molar-refractivity contribution in [2.75, 3.05) is 26.2 Å². The molecule has 1 heterocycles. The number of phenols is 1. The summed E-state index contributed by atoms with van der Waals surface area (Å²) in [5.74, 6) is -0.329. The van der Waals surface area contributed by atoms with Crippen LogP contribution in [0.4, 0.5) is 5.69 Å². The van der Waals surface area contributed by atoms with Crippen molar-refractivity contribution in [3.63, 3.8) is 0 Å². The molecule has 112 valence electrons. The number of phenolic OH excluding ortho intramolecular Hbond substituents is 1. The van der Waals surface area contributed by atoms with Crippen LogP contribution in [0.3, 0.4) is 0 Å². The van der Waals surface area contributed by atoms with Crippen LogP contribution in [0.5, 0.6) is 5.75 Å². The van der Waals surface area contributed by atoms with E-state index in [1.54, 1.807) is 6.07 Å². The molecule has 7 heteroatoms. The summed E-state index contributed by atoms with van der Waals surface area (Å²) in [5.41, 5.74) is 0.255. The number of piperazine rings is 1. The van der Waals surface area contributed by atoms with E-state index >= 15 is 0 Å². The van der Waals surface area contributed by atoms with Gasteiger partial charge >= 0.3 is 5.69 Å². The highest BCUT2D eigenvalue weighted by Crippen LogP contribution is 2.38. The molecule has 0 unspecified atom stereocenters. The largest absolute Gasteiger partial charge is 0.502 e. The van der Waals surface area contributed by atoms with Crippen molar-refractivity contribution in [2.24, 2.45) is 0 Å². The summed E-state index contributed by atoms with van der Waals surface area (Å²) < 4.78 is 0. The lowest BCUT2D eigenvalue weighted by atomic mass is 9.97. The Labute approximate surface area is 122 Å². The van der Waals surface area contributed by atoms with Gasteiger partial charge in [-0.15, -0.1) is 0 Å². The zero-order valence-corrected chi connectivity index (χ0v) is 11.9. The first-order valence-corrected chi connectivity index (χ1v) is 6.94. The Morgan fingerprint density at radius 1 is 1.52 bits per heavy atom. The van der Waals surface area contributed by atoms with E-state index in [0.717, 1.165) is 32.2 Å². The maximum Gasteiger partial charge on any atom is 0.312 e. The summed E-state index contributed by atoms with van der Waals surface area (Å²) >= 11 is 0. The van der Waals surface area contributed by atoms with Gasteiger partial charge in [-0.2, -0.15) is 5.26 Å². The van der Waals surface area contributed by atoms with E-state index in [-0.39, 0.29) is 17.4 Å². The molecule has 0 aromatic heterocycles. The van der Waals surface area contributed by atoms with Gasteiger partial charge in [-0.3, -0.25) is 15.0 Å². The first-order chi connectivity index (χ1) is 10.1. The van der Waals surface area contributed by atoms with Crippen molar-refractivity contribution < 1.29 is 10.0 Å². The van der Waals surface area contributed by atoms with Crippen molar-refractivity contribution in [2.45, 2.75) is 19.4 Å². The van der Waals surface area contributed by atoms with Gasteiger partial charge in [-0.1, -0.05) is 6.92 Å². The molecule has 0 spiro atoms. The van der Waals surface area contributed by atoms with E-state index in [9.17, 15) is 15.2 Å². The number of aromatic hydroxyl groups is 1. The second-order valence-corrected chi connectivity index (χ2v) is 5.01. The fraction of sp³-hybridized carbons (Fsp3) is 0.500. The summed E-state index contributed by atoms with van der Waals surface area (Å²) in [6.45, 7) is 5.27. The maximum absolute atomic E-state index is 11.0. The van der Waals surface area contributed by atoms with Gasteiger partial charge < -0.3 is 10.4 Å². The van der Waals surface area contributed by atoms with Gasteiger partial charge in [0.05, 0.1) is 16.6 Å². The number of nitro benzene ring substituents is 1. The number of hydrogen-bond acceptors (Lipinski definition) is 6. The molecule has 0 bridgehead atoms. The van der Waals surface area contributed by atoms with Gasteiger partial charge in [0.1, 0.15) is 0 Å². The van der Waals surface area contributed by atoms with Crippen LogP contribution in [0.15, 0.2) is 12.1 Å². The highest BCUT2D eigenvalue weighted by molar-refractivity contribution is 5.57. The number of nitrogens with zero attached hydrogens (tertiary/aromatic N) is 3. The second kappa shape index (κ2) is 6.52. The third-order valence-corrected chi connectivity index (χ3v) is 3.78. The molecule has 7 nitrogen and oxygen atoms in total. The molecule has 1 atom stereocenters. The quantitative estimate of drug-likeness (QED) is 0.644. The lowest BCUT2D eigenvalue weighted by molar-refractivity contribution is -0.386. The molecular weight excluding hydrogens is 272 g/mol. The number of benzene rings is 1. The summed E-state index contributed by atoms with van der Waals surface area (Å²) in [6.07, 6.45) is 0.708. The standard InChI is InChI=1S/C14H18N4O3/c1-2-12(17-5-3-16-4-6-17)11-7-10(9-15)8-13(14(11)19)18(20)21/h7-8,12,16,19H,2-6H2,1H3/t12-/m0/s1. The first-order valence-electron chi connectivity index (χ1n) is 6.94. The third-order valence-electron chi connectivity index (χ3n) is 3.78. The average Bonchev–Trinajstić information content (AvgIpc) is 2.50. The van der Waals surface area contributed by atoms with Crippen LogP contribution in [0.25, 0.3) is 0 Å². The molecule has 0 aliphatic carbocycles. The predicted octanol–water partition coefficient (Wildman–Crippen LogP) is 1.53. The lowest BCUT2D eigenvalue weighted by Crippen LogP contribution is -2.45. The van der Waals surface area contributed by atoms with Crippen LogP contribution in [0, 0.1) is 21.4 Å². The fourth-order valence-corrected chi connectivity index (χ4v) is 2.77. The zero-order chi connectivity index (χ0) is 15.4. The topological polar surface area (TPSA) is 102 Å². The van der Waals surface area contributed by atoms with Gasteiger partial charge in [0, 0.05) is 43.9 Å². The molecule has 0 amide bonds. The molecular formula is C14H18N4O3. The minimum absolute atomic E-state index is 0.126. The van der Waals surface area contributed by atoms with Gasteiger partial charge in [0.2, 0.25) is 0 Å². The van der Waals surface area contributed by atoms with E-state index < -0.39 is 10.6 Å². The van der Waals surface area contributed by atoms with Crippen LogP contribution in [-0.2, 0) is 0 Å². The Kier molecular flexibility index (Phi) is 4.73. The highest BCUT2D eigenvalue weighted by Gasteiger charge is 2.28. The monoisotopic (exact) mass is 290 g/mol. The Morgan fingerprint density at radius 3 is 2.71 bits per heavy atom. The molecule has 1 aliphatic heterocycles. The SMILES string of the molecule is CC[C@@H](c1cc(C#N)cc([N+](=O)[O-])c1O)N1CCNCC1. The van der Waals surface area contributed by atoms with E-state index in [1.165, 1.54) is 0 Å². The lowest BCUT2D eigenvalue weighted by Gasteiger charge is -2.34. The predicted molar refractivity (Wildman–Crippen MR) is 77.0 cm³/mol. The Bertz CT molecular complexity index is 576. The molecule has 1 fully saturated rings. The van der Waals surface area contributed by atoms with Crippen LogP contribution in [0.1, 0.15) is 30.5 Å². The van der Waals surface area contributed by atoms with Gasteiger partial charge in [0.25, 0.3) is 0 Å². The molecule has 1 saturated heterocycles. The van der Waals surface area contributed by atoms with Gasteiger partial charge in [-0.25, -0.2) is 0 Å². The Morgan fingerprint density at radius 2 is 2.19 bits per heavy atom. The molecule has 1 aromatic carbocycles. The van der Waals surface area contributed by atoms with Crippen molar-refractivity contribution >= 4 is 5.69 Å². The second-order valence-electron chi connectivity index (χ2n) is 5.01. The molecule has 1 aliphatic rings. The van der Waals surface area contributed by atoms with Crippen molar-refractivity contribution in [3.05, 3.63) is 33.4 Å². The minimum Gasteiger partial charge on any atom is -0.502 e. The van der Waals surface area contributed by atoms with E-state index in [4.69, 9.17) is 5.26 Å². The molecule has 0 saturated carbocycles. The summed E-state index contributed by atoms with van der Waals surface area (Å²) in [4.78, 5) is 12.6. The summed E-state index contributed by atoms with van der Waals surface area (Å²) in [6, 6.07) is 4.47. The van der Waals surface area contributed by atoms with Crippen molar-refractivity contribution in [1.82, 2.24) is 10.2 Å². The molecule has 2 N–H and O–H groups in total. The van der Waals surface area contributed by atoms with Crippen LogP contribution in [0.2, 0.25) is 0 Å². The Hall–Kier alpha value is -2.17. The number of rotatable bonds is 4. The van der Waals surface area contributed by atoms with E-state index in [1.807, 2.05) is 13.0 Å². The molecule has 2 rings (SSSR count).